The van der Waals surface area contributed by atoms with Gasteiger partial charge in [-0.25, -0.2) is 8.42 Å². The number of carbonyl (C=O) groups is 2. The predicted octanol–water partition coefficient (Wildman–Crippen LogP) is 0.646. The molecule has 1 atom stereocenters. The zero-order valence-corrected chi connectivity index (χ0v) is 17.4. The van der Waals surface area contributed by atoms with E-state index in [1.165, 1.54) is 0 Å². The Morgan fingerprint density at radius 2 is 1.96 bits per heavy atom. The molecule has 1 fully saturated rings. The van der Waals surface area contributed by atoms with Crippen molar-refractivity contribution in [3.05, 3.63) is 23.8 Å². The maximum absolute atomic E-state index is 12.2. The number of hydrogen-bond donors (Lipinski definition) is 1. The van der Waals surface area contributed by atoms with Crippen LogP contribution in [0.3, 0.4) is 0 Å². The van der Waals surface area contributed by atoms with Crippen molar-refractivity contribution in [2.45, 2.75) is 19.8 Å². The topological polar surface area (TPSA) is 102 Å². The van der Waals surface area contributed by atoms with Crippen LogP contribution in [0.25, 0.3) is 0 Å². The fourth-order valence-corrected chi connectivity index (χ4v) is 3.78. The van der Waals surface area contributed by atoms with E-state index in [0.29, 0.717) is 31.0 Å². The largest absolute Gasteiger partial charge is 0.493 e. The lowest BCUT2D eigenvalue weighted by atomic mass is 10.1. The number of sulfone groups is 1. The van der Waals surface area contributed by atoms with Crippen LogP contribution in [0.4, 0.5) is 0 Å². The molecule has 0 bridgehead atoms. The van der Waals surface area contributed by atoms with Gasteiger partial charge in [0.15, 0.2) is 21.3 Å². The number of ether oxygens (including phenoxy) is 2. The summed E-state index contributed by atoms with van der Waals surface area (Å²) in [6, 6.07) is 5.61. The number of nitrogens with zero attached hydrogens (tertiary/aromatic N) is 1. The zero-order chi connectivity index (χ0) is 20.7. The summed E-state index contributed by atoms with van der Waals surface area (Å²) in [6.45, 7) is 2.50. The van der Waals surface area contributed by atoms with E-state index in [2.05, 4.69) is 5.32 Å². The molecule has 9 heteroatoms. The van der Waals surface area contributed by atoms with E-state index in [4.69, 9.17) is 9.47 Å². The monoisotopic (exact) mass is 412 g/mol. The molecule has 1 aromatic rings. The molecule has 0 spiro atoms. The number of methoxy groups -OCH3 is 2. The highest BCUT2D eigenvalue weighted by molar-refractivity contribution is 7.91. The van der Waals surface area contributed by atoms with Gasteiger partial charge >= 0.3 is 0 Å². The molecule has 0 saturated carbocycles. The van der Waals surface area contributed by atoms with Crippen LogP contribution in [0.1, 0.15) is 18.9 Å². The number of benzene rings is 1. The summed E-state index contributed by atoms with van der Waals surface area (Å²) in [5, 5.41) is 2.63. The maximum Gasteiger partial charge on any atom is 0.225 e. The smallest absolute Gasteiger partial charge is 0.225 e. The van der Waals surface area contributed by atoms with Gasteiger partial charge in [-0.05, 0) is 24.1 Å². The van der Waals surface area contributed by atoms with Gasteiger partial charge in [0.25, 0.3) is 0 Å². The van der Waals surface area contributed by atoms with Crippen molar-refractivity contribution in [1.29, 1.82) is 0 Å². The van der Waals surface area contributed by atoms with Crippen molar-refractivity contribution in [1.82, 2.24) is 10.2 Å². The molecule has 0 radical (unpaired) electrons. The molecule has 1 unspecified atom stereocenters. The summed E-state index contributed by atoms with van der Waals surface area (Å²) in [5.41, 5.74) is 1.00. The van der Waals surface area contributed by atoms with E-state index < -0.39 is 15.8 Å². The Morgan fingerprint density at radius 1 is 1.25 bits per heavy atom. The first-order valence-electron chi connectivity index (χ1n) is 9.26. The SMILES string of the molecule is CCS(=O)(=O)CCNC(=O)C1CC(=O)N(CCc2ccc(OC)c(OC)c2)C1. The van der Waals surface area contributed by atoms with Crippen molar-refractivity contribution in [2.75, 3.05) is 45.4 Å². The summed E-state index contributed by atoms with van der Waals surface area (Å²) >= 11 is 0. The van der Waals surface area contributed by atoms with Crippen molar-refractivity contribution >= 4 is 21.7 Å². The quantitative estimate of drug-likeness (QED) is 0.605. The van der Waals surface area contributed by atoms with Crippen LogP contribution in [0.2, 0.25) is 0 Å². The van der Waals surface area contributed by atoms with Gasteiger partial charge in [-0.3, -0.25) is 9.59 Å². The predicted molar refractivity (Wildman–Crippen MR) is 105 cm³/mol. The molecular weight excluding hydrogens is 384 g/mol. The average Bonchev–Trinajstić information content (AvgIpc) is 3.06. The number of likely N-dealkylation sites (tertiary alicyclic amines) is 1. The van der Waals surface area contributed by atoms with Crippen LogP contribution >= 0.6 is 0 Å². The second-order valence-corrected chi connectivity index (χ2v) is 9.18. The summed E-state index contributed by atoms with van der Waals surface area (Å²) in [5.74, 6) is 0.461. The molecule has 1 aliphatic heterocycles. The first kappa shape index (κ1) is 22.0. The van der Waals surface area contributed by atoms with Gasteiger partial charge in [0.1, 0.15) is 0 Å². The van der Waals surface area contributed by atoms with Gasteiger partial charge in [-0.1, -0.05) is 13.0 Å². The lowest BCUT2D eigenvalue weighted by Gasteiger charge is -2.17. The minimum absolute atomic E-state index is 0.0503. The van der Waals surface area contributed by atoms with Crippen molar-refractivity contribution in [2.24, 2.45) is 5.92 Å². The van der Waals surface area contributed by atoms with Crippen LogP contribution in [-0.2, 0) is 25.8 Å². The fraction of sp³-hybridized carbons (Fsp3) is 0.579. The highest BCUT2D eigenvalue weighted by atomic mass is 32.2. The van der Waals surface area contributed by atoms with E-state index in [0.717, 1.165) is 5.56 Å². The Morgan fingerprint density at radius 3 is 2.61 bits per heavy atom. The molecule has 2 amide bonds. The van der Waals surface area contributed by atoms with Crippen molar-refractivity contribution in [3.8, 4) is 11.5 Å². The molecule has 8 nitrogen and oxygen atoms in total. The van der Waals surface area contributed by atoms with Crippen LogP contribution in [0.5, 0.6) is 11.5 Å². The Bertz CT molecular complexity index is 809. The van der Waals surface area contributed by atoms with E-state index in [-0.39, 0.29) is 36.3 Å². The van der Waals surface area contributed by atoms with Gasteiger partial charge in [0, 0.05) is 31.8 Å². The van der Waals surface area contributed by atoms with E-state index in [1.54, 1.807) is 26.0 Å². The summed E-state index contributed by atoms with van der Waals surface area (Å²) in [4.78, 5) is 26.1. The normalized spacial score (nSPS) is 16.9. The number of nitrogens with one attached hydrogen (secondary N) is 1. The van der Waals surface area contributed by atoms with Gasteiger partial charge in [0.05, 0.1) is 25.9 Å². The van der Waals surface area contributed by atoms with Crippen molar-refractivity contribution < 1.29 is 27.5 Å². The second kappa shape index (κ2) is 9.77. The number of amides is 2. The highest BCUT2D eigenvalue weighted by Crippen LogP contribution is 2.28. The second-order valence-electron chi connectivity index (χ2n) is 6.71. The number of carbonyl (C=O) groups excluding carboxylic acids is 2. The standard InChI is InChI=1S/C19H28N2O6S/c1-4-28(24,25)10-8-20-19(23)15-12-18(22)21(13-15)9-7-14-5-6-16(26-2)17(11-14)27-3/h5-6,11,15H,4,7-10,12-13H2,1-3H3,(H,20,23). The molecule has 1 aromatic carbocycles. The minimum Gasteiger partial charge on any atom is -0.493 e. The summed E-state index contributed by atoms with van der Waals surface area (Å²) in [6.07, 6.45) is 0.785. The molecule has 0 aromatic heterocycles. The molecule has 1 aliphatic rings. The Hall–Kier alpha value is -2.29. The average molecular weight is 413 g/mol. The molecule has 0 aliphatic carbocycles. The lowest BCUT2D eigenvalue weighted by molar-refractivity contribution is -0.128. The minimum atomic E-state index is -3.12. The molecule has 1 heterocycles. The Balaban J connectivity index is 1.85. The van der Waals surface area contributed by atoms with Gasteiger partial charge in [-0.15, -0.1) is 0 Å². The Kier molecular flexibility index (Phi) is 7.68. The molecule has 156 valence electrons. The first-order chi connectivity index (χ1) is 13.3. The van der Waals surface area contributed by atoms with Crippen LogP contribution < -0.4 is 14.8 Å². The van der Waals surface area contributed by atoms with E-state index in [1.807, 2.05) is 18.2 Å². The first-order valence-corrected chi connectivity index (χ1v) is 11.1. The third-order valence-corrected chi connectivity index (χ3v) is 6.56. The molecule has 1 N–H and O–H groups in total. The van der Waals surface area contributed by atoms with E-state index in [9.17, 15) is 18.0 Å². The maximum atomic E-state index is 12.2. The third-order valence-electron chi connectivity index (χ3n) is 4.86. The van der Waals surface area contributed by atoms with Crippen molar-refractivity contribution in [3.63, 3.8) is 0 Å². The molecule has 28 heavy (non-hydrogen) atoms. The number of hydrogen-bond acceptors (Lipinski definition) is 6. The third kappa shape index (κ3) is 5.85. The highest BCUT2D eigenvalue weighted by Gasteiger charge is 2.33. The van der Waals surface area contributed by atoms with E-state index >= 15 is 0 Å². The fourth-order valence-electron chi connectivity index (χ4n) is 3.08. The van der Waals surface area contributed by atoms with Crippen LogP contribution in [0, 0.1) is 5.92 Å². The molecular formula is C19H28N2O6S. The molecule has 2 rings (SSSR count). The zero-order valence-electron chi connectivity index (χ0n) is 16.6. The van der Waals surface area contributed by atoms with Gasteiger partial charge < -0.3 is 19.7 Å². The lowest BCUT2D eigenvalue weighted by Crippen LogP contribution is -2.36. The Labute approximate surface area is 166 Å². The number of rotatable bonds is 10. The summed E-state index contributed by atoms with van der Waals surface area (Å²) in [7, 11) is 0.0211. The van der Waals surface area contributed by atoms with Crippen LogP contribution in [-0.4, -0.2) is 70.5 Å². The summed E-state index contributed by atoms with van der Waals surface area (Å²) < 4.78 is 33.5. The van der Waals surface area contributed by atoms with Crippen LogP contribution in [0.15, 0.2) is 18.2 Å². The van der Waals surface area contributed by atoms with Gasteiger partial charge in [0.2, 0.25) is 11.8 Å². The molecule has 1 saturated heterocycles. The van der Waals surface area contributed by atoms with Gasteiger partial charge in [-0.2, -0.15) is 0 Å².